The number of hydrogen-bond acceptors (Lipinski definition) is 5. The van der Waals surface area contributed by atoms with Crippen LogP contribution in [0.3, 0.4) is 0 Å². The summed E-state index contributed by atoms with van der Waals surface area (Å²) in [5.41, 5.74) is 2.58. The predicted molar refractivity (Wildman–Crippen MR) is 132 cm³/mol. The maximum absolute atomic E-state index is 12.9. The zero-order chi connectivity index (χ0) is 25.8. The van der Waals surface area contributed by atoms with Crippen molar-refractivity contribution in [3.8, 4) is 11.1 Å². The van der Waals surface area contributed by atoms with Gasteiger partial charge in [0.1, 0.15) is 6.61 Å². The number of ether oxygens (including phenoxy) is 2. The molecular weight excluding hydrogens is 448 g/mol. The molecule has 0 spiro atoms. The Hall–Kier alpha value is -3.39. The van der Waals surface area contributed by atoms with Crippen molar-refractivity contribution in [2.24, 2.45) is 5.41 Å². The average molecular weight is 483 g/mol. The van der Waals surface area contributed by atoms with E-state index < -0.39 is 29.1 Å². The third-order valence-corrected chi connectivity index (χ3v) is 7.14. The van der Waals surface area contributed by atoms with Gasteiger partial charge in [0.2, 0.25) is 5.91 Å². The second kappa shape index (κ2) is 10.5. The van der Waals surface area contributed by atoms with Crippen LogP contribution < -0.4 is 10.6 Å². The first-order valence-corrected chi connectivity index (χ1v) is 11.7. The van der Waals surface area contributed by atoms with E-state index in [2.05, 4.69) is 34.9 Å². The summed E-state index contributed by atoms with van der Waals surface area (Å²) in [7, 11) is 1.31. The molecule has 2 aromatic rings. The molecule has 0 saturated heterocycles. The van der Waals surface area contributed by atoms with Crippen LogP contribution in [0.2, 0.25) is 0 Å². The summed E-state index contributed by atoms with van der Waals surface area (Å²) in [5.74, 6) is -1.46. The first kappa shape index (κ1) is 26.2. The minimum absolute atomic E-state index is 0.0597. The fourth-order valence-electron chi connectivity index (χ4n) is 4.21. The van der Waals surface area contributed by atoms with Crippen LogP contribution in [-0.2, 0) is 19.1 Å². The van der Waals surface area contributed by atoms with E-state index in [0.717, 1.165) is 22.3 Å². The molecular formula is C27H34N2O6. The SMILES string of the molecule is COC(CCNC(=O)C(C)(C)C(C)(C)NC(=O)OCC1c2ccccc2-c2ccccc21)C(=O)O. The second-order valence-electron chi connectivity index (χ2n) is 9.81. The summed E-state index contributed by atoms with van der Waals surface area (Å²) in [6, 6.07) is 16.2. The third-order valence-electron chi connectivity index (χ3n) is 7.14. The van der Waals surface area contributed by atoms with Crippen LogP contribution in [0.25, 0.3) is 11.1 Å². The minimum Gasteiger partial charge on any atom is -0.479 e. The van der Waals surface area contributed by atoms with Crippen molar-refractivity contribution >= 4 is 18.0 Å². The van der Waals surface area contributed by atoms with Crippen LogP contribution in [0.4, 0.5) is 4.79 Å². The summed E-state index contributed by atoms with van der Waals surface area (Å²) in [6.07, 6.45) is -1.47. The Morgan fingerprint density at radius 2 is 1.51 bits per heavy atom. The number of carbonyl (C=O) groups is 3. The molecule has 1 aliphatic carbocycles. The molecule has 0 heterocycles. The van der Waals surface area contributed by atoms with Gasteiger partial charge in [0.25, 0.3) is 0 Å². The van der Waals surface area contributed by atoms with Crippen LogP contribution >= 0.6 is 0 Å². The molecule has 2 aromatic carbocycles. The number of rotatable bonds is 10. The van der Waals surface area contributed by atoms with Gasteiger partial charge in [0.05, 0.1) is 11.0 Å². The molecule has 35 heavy (non-hydrogen) atoms. The van der Waals surface area contributed by atoms with E-state index in [1.54, 1.807) is 27.7 Å². The first-order chi connectivity index (χ1) is 16.5. The highest BCUT2D eigenvalue weighted by Crippen LogP contribution is 2.44. The number of amides is 2. The van der Waals surface area contributed by atoms with Gasteiger partial charge in [-0.2, -0.15) is 0 Å². The Morgan fingerprint density at radius 1 is 0.971 bits per heavy atom. The number of benzene rings is 2. The van der Waals surface area contributed by atoms with Gasteiger partial charge in [-0.15, -0.1) is 0 Å². The average Bonchev–Trinajstić information content (AvgIpc) is 3.13. The lowest BCUT2D eigenvalue weighted by Crippen LogP contribution is -2.59. The highest BCUT2D eigenvalue weighted by molar-refractivity contribution is 5.84. The van der Waals surface area contributed by atoms with E-state index in [1.807, 2.05) is 24.3 Å². The highest BCUT2D eigenvalue weighted by atomic mass is 16.5. The molecule has 1 atom stereocenters. The van der Waals surface area contributed by atoms with Gasteiger partial charge in [0, 0.05) is 26.0 Å². The third kappa shape index (κ3) is 5.48. The number of fused-ring (bicyclic) bond motifs is 3. The number of carbonyl (C=O) groups excluding carboxylic acids is 2. The van der Waals surface area contributed by atoms with Crippen LogP contribution in [0.1, 0.15) is 51.2 Å². The molecule has 2 amide bonds. The summed E-state index contributed by atoms with van der Waals surface area (Å²) in [4.78, 5) is 36.7. The van der Waals surface area contributed by atoms with Crippen LogP contribution in [0, 0.1) is 5.41 Å². The predicted octanol–water partition coefficient (Wildman–Crippen LogP) is 3.94. The molecule has 3 rings (SSSR count). The minimum atomic E-state index is -1.08. The number of nitrogens with one attached hydrogen (secondary N) is 2. The molecule has 0 bridgehead atoms. The van der Waals surface area contributed by atoms with E-state index in [9.17, 15) is 14.4 Å². The molecule has 0 aromatic heterocycles. The fourth-order valence-corrected chi connectivity index (χ4v) is 4.21. The highest BCUT2D eigenvalue weighted by Gasteiger charge is 2.44. The van der Waals surface area contributed by atoms with Crippen molar-refractivity contribution in [2.45, 2.75) is 51.7 Å². The number of carboxylic acids is 1. The normalized spacial score (nSPS) is 14.0. The zero-order valence-corrected chi connectivity index (χ0v) is 20.9. The number of alkyl carbamates (subject to hydrolysis) is 1. The van der Waals surface area contributed by atoms with Gasteiger partial charge in [-0.1, -0.05) is 48.5 Å². The molecule has 0 saturated carbocycles. The van der Waals surface area contributed by atoms with Crippen LogP contribution in [-0.4, -0.2) is 55.0 Å². The van der Waals surface area contributed by atoms with Gasteiger partial charge in [-0.25, -0.2) is 9.59 Å². The fraction of sp³-hybridized carbons (Fsp3) is 0.444. The topological polar surface area (TPSA) is 114 Å². The maximum Gasteiger partial charge on any atom is 0.407 e. The van der Waals surface area contributed by atoms with E-state index in [1.165, 1.54) is 7.11 Å². The van der Waals surface area contributed by atoms with Crippen LogP contribution in [0.15, 0.2) is 48.5 Å². The maximum atomic E-state index is 12.9. The smallest absolute Gasteiger partial charge is 0.407 e. The number of methoxy groups -OCH3 is 1. The van der Waals surface area contributed by atoms with Gasteiger partial charge >= 0.3 is 12.1 Å². The van der Waals surface area contributed by atoms with Crippen molar-refractivity contribution in [3.05, 3.63) is 59.7 Å². The van der Waals surface area contributed by atoms with Crippen LogP contribution in [0.5, 0.6) is 0 Å². The summed E-state index contributed by atoms with van der Waals surface area (Å²) < 4.78 is 10.5. The van der Waals surface area contributed by atoms with Crippen molar-refractivity contribution in [2.75, 3.05) is 20.3 Å². The molecule has 1 unspecified atom stereocenters. The largest absolute Gasteiger partial charge is 0.479 e. The Bertz CT molecular complexity index is 1050. The van der Waals surface area contributed by atoms with Crippen molar-refractivity contribution < 1.29 is 29.0 Å². The molecule has 188 valence electrons. The molecule has 8 heteroatoms. The Kier molecular flexibility index (Phi) is 7.85. The molecule has 1 aliphatic rings. The zero-order valence-electron chi connectivity index (χ0n) is 20.9. The second-order valence-corrected chi connectivity index (χ2v) is 9.81. The number of carboxylic acid groups (broad SMARTS) is 1. The Labute approximate surface area is 206 Å². The molecule has 3 N–H and O–H groups in total. The summed E-state index contributed by atoms with van der Waals surface area (Å²) >= 11 is 0. The van der Waals surface area contributed by atoms with E-state index in [-0.39, 0.29) is 31.4 Å². The lowest BCUT2D eigenvalue weighted by Gasteiger charge is -2.40. The number of hydrogen-bond donors (Lipinski definition) is 3. The van der Waals surface area contributed by atoms with E-state index in [4.69, 9.17) is 14.6 Å². The molecule has 8 nitrogen and oxygen atoms in total. The van der Waals surface area contributed by atoms with Gasteiger partial charge < -0.3 is 25.2 Å². The van der Waals surface area contributed by atoms with Crippen molar-refractivity contribution in [3.63, 3.8) is 0 Å². The molecule has 0 radical (unpaired) electrons. The standard InChI is InChI=1S/C27H34N2O6/c1-26(2,24(32)28-15-14-22(34-5)23(30)31)27(3,4)29-25(33)35-16-21-19-12-8-6-10-17(19)18-11-7-9-13-20(18)21/h6-13,21-22H,14-16H2,1-5H3,(H,28,32)(H,29,33)(H,30,31). The first-order valence-electron chi connectivity index (χ1n) is 11.7. The van der Waals surface area contributed by atoms with E-state index in [0.29, 0.717) is 0 Å². The van der Waals surface area contributed by atoms with Gasteiger partial charge in [0.15, 0.2) is 6.10 Å². The van der Waals surface area contributed by atoms with Crippen molar-refractivity contribution in [1.29, 1.82) is 0 Å². The Morgan fingerprint density at radius 3 is 2.03 bits per heavy atom. The molecule has 0 aliphatic heterocycles. The van der Waals surface area contributed by atoms with E-state index >= 15 is 0 Å². The lowest BCUT2D eigenvalue weighted by molar-refractivity contribution is -0.149. The van der Waals surface area contributed by atoms with Gasteiger partial charge in [-0.3, -0.25) is 4.79 Å². The summed E-state index contributed by atoms with van der Waals surface area (Å²) in [5, 5.41) is 14.6. The lowest BCUT2D eigenvalue weighted by atomic mass is 9.73. The monoisotopic (exact) mass is 482 g/mol. The quantitative estimate of drug-likeness (QED) is 0.473. The number of aliphatic carboxylic acids is 1. The molecule has 0 fully saturated rings. The van der Waals surface area contributed by atoms with Crippen molar-refractivity contribution in [1.82, 2.24) is 10.6 Å². The summed E-state index contributed by atoms with van der Waals surface area (Å²) in [6.45, 7) is 7.25. The Balaban J connectivity index is 1.60. The van der Waals surface area contributed by atoms with Gasteiger partial charge in [-0.05, 0) is 49.9 Å².